The molecule has 1 amide bonds. The number of ether oxygens (including phenoxy) is 1. The largest absolute Gasteiger partial charge is 0.469 e. The molecule has 0 aliphatic heterocycles. The van der Waals surface area contributed by atoms with E-state index in [1.807, 2.05) is 10.8 Å². The molecule has 2 atom stereocenters. The highest BCUT2D eigenvalue weighted by Gasteiger charge is 2.32. The molecule has 0 spiro atoms. The average Bonchev–Trinajstić information content (AvgIpc) is 3.24. The van der Waals surface area contributed by atoms with Crippen LogP contribution in [0.15, 0.2) is 35.3 Å². The minimum Gasteiger partial charge on any atom is -0.469 e. The number of esters is 1. The fourth-order valence-electron chi connectivity index (χ4n) is 3.30. The maximum Gasteiger partial charge on any atom is 0.310 e. The summed E-state index contributed by atoms with van der Waals surface area (Å²) in [6, 6.07) is 3.22. The van der Waals surface area contributed by atoms with E-state index in [9.17, 15) is 9.59 Å². The third kappa shape index (κ3) is 4.29. The number of rotatable bonds is 5. The molecule has 0 aromatic carbocycles. The fourth-order valence-corrected chi connectivity index (χ4v) is 3.30. The summed E-state index contributed by atoms with van der Waals surface area (Å²) in [5.41, 5.74) is 0. The number of carbonyl (C=O) groups excluding carboxylic acids is 2. The van der Waals surface area contributed by atoms with Crippen LogP contribution in [0.5, 0.6) is 0 Å². The Bertz CT molecular complexity index is 708. The highest BCUT2D eigenvalue weighted by molar-refractivity contribution is 5.92. The first kappa shape index (κ1) is 17.3. The van der Waals surface area contributed by atoms with Crippen molar-refractivity contribution in [1.82, 2.24) is 14.9 Å². The van der Waals surface area contributed by atoms with Crippen LogP contribution in [-0.2, 0) is 16.1 Å². The monoisotopic (exact) mass is 345 g/mol. The van der Waals surface area contributed by atoms with E-state index in [0.29, 0.717) is 12.3 Å². The topological polar surface area (TPSA) is 86.4 Å². The van der Waals surface area contributed by atoms with Gasteiger partial charge in [-0.3, -0.25) is 9.59 Å². The molecule has 1 aliphatic carbocycles. The summed E-state index contributed by atoms with van der Waals surface area (Å²) in [6.45, 7) is 0.515. The number of aromatic nitrogens is 2. The van der Waals surface area contributed by atoms with Gasteiger partial charge in [0.05, 0.1) is 25.9 Å². The van der Waals surface area contributed by atoms with Crippen LogP contribution in [0.1, 0.15) is 48.4 Å². The minimum absolute atomic E-state index is 0.218. The van der Waals surface area contributed by atoms with Gasteiger partial charge in [0, 0.05) is 18.4 Å². The molecule has 0 unspecified atom stereocenters. The molecule has 2 heterocycles. The Morgan fingerprint density at radius 3 is 2.92 bits per heavy atom. The van der Waals surface area contributed by atoms with Crippen molar-refractivity contribution in [2.45, 2.75) is 44.7 Å². The number of imidazole rings is 1. The van der Waals surface area contributed by atoms with E-state index in [1.54, 1.807) is 24.7 Å². The summed E-state index contributed by atoms with van der Waals surface area (Å²) >= 11 is 0. The zero-order valence-electron chi connectivity index (χ0n) is 14.3. The molecule has 2 aromatic rings. The first-order valence-corrected chi connectivity index (χ1v) is 8.60. The Labute approximate surface area is 146 Å². The Balaban J connectivity index is 1.65. The normalized spacial score (nSPS) is 20.7. The van der Waals surface area contributed by atoms with E-state index in [0.717, 1.165) is 32.1 Å². The minimum atomic E-state index is -0.295. The molecule has 25 heavy (non-hydrogen) atoms. The predicted molar refractivity (Wildman–Crippen MR) is 89.9 cm³/mol. The van der Waals surface area contributed by atoms with E-state index in [-0.39, 0.29) is 29.6 Å². The molecule has 1 saturated carbocycles. The lowest BCUT2D eigenvalue weighted by molar-refractivity contribution is -0.146. The summed E-state index contributed by atoms with van der Waals surface area (Å²) < 4.78 is 12.4. The lowest BCUT2D eigenvalue weighted by Crippen LogP contribution is -2.43. The number of amides is 1. The van der Waals surface area contributed by atoms with Crippen molar-refractivity contribution in [2.24, 2.45) is 5.92 Å². The number of nitrogens with zero attached hydrogens (tertiary/aromatic N) is 2. The number of hydrogen-bond donors (Lipinski definition) is 1. The molecule has 1 fully saturated rings. The number of methoxy groups -OCH3 is 1. The van der Waals surface area contributed by atoms with Gasteiger partial charge in [0.15, 0.2) is 5.76 Å². The van der Waals surface area contributed by atoms with Gasteiger partial charge in [-0.05, 0) is 25.0 Å². The van der Waals surface area contributed by atoms with Gasteiger partial charge in [-0.1, -0.05) is 19.3 Å². The number of carbonyl (C=O) groups is 2. The molecule has 0 radical (unpaired) electrons. The molecule has 0 saturated heterocycles. The lowest BCUT2D eigenvalue weighted by atomic mass is 9.94. The average molecular weight is 345 g/mol. The summed E-state index contributed by atoms with van der Waals surface area (Å²) in [7, 11) is 1.39. The maximum atomic E-state index is 12.5. The Kier molecular flexibility index (Phi) is 5.53. The Hall–Kier alpha value is -2.57. The van der Waals surface area contributed by atoms with Crippen molar-refractivity contribution in [2.75, 3.05) is 7.11 Å². The zero-order chi connectivity index (χ0) is 17.6. The molecule has 134 valence electrons. The number of furan rings is 1. The van der Waals surface area contributed by atoms with Crippen LogP contribution in [0, 0.1) is 5.92 Å². The molecule has 2 aromatic heterocycles. The molecule has 7 nitrogen and oxygen atoms in total. The van der Waals surface area contributed by atoms with Crippen LogP contribution in [-0.4, -0.2) is 34.6 Å². The van der Waals surface area contributed by atoms with Crippen LogP contribution >= 0.6 is 0 Å². The molecule has 7 heteroatoms. The van der Waals surface area contributed by atoms with Crippen molar-refractivity contribution in [3.63, 3.8) is 0 Å². The second-order valence-corrected chi connectivity index (χ2v) is 6.35. The molecule has 1 aliphatic rings. The van der Waals surface area contributed by atoms with E-state index in [1.165, 1.54) is 7.11 Å². The van der Waals surface area contributed by atoms with E-state index in [2.05, 4.69) is 10.3 Å². The molecule has 3 rings (SSSR count). The van der Waals surface area contributed by atoms with Crippen LogP contribution in [0.2, 0.25) is 0 Å². The Morgan fingerprint density at radius 1 is 1.32 bits per heavy atom. The summed E-state index contributed by atoms with van der Waals surface area (Å²) in [6.07, 6.45) is 9.74. The van der Waals surface area contributed by atoms with E-state index >= 15 is 0 Å². The van der Waals surface area contributed by atoms with Crippen molar-refractivity contribution < 1.29 is 18.7 Å². The van der Waals surface area contributed by atoms with Crippen molar-refractivity contribution in [1.29, 1.82) is 0 Å². The summed E-state index contributed by atoms with van der Waals surface area (Å²) in [5, 5.41) is 2.96. The lowest BCUT2D eigenvalue weighted by Gasteiger charge is -2.23. The van der Waals surface area contributed by atoms with E-state index < -0.39 is 0 Å². The van der Waals surface area contributed by atoms with Crippen LogP contribution in [0.4, 0.5) is 0 Å². The first-order chi connectivity index (χ1) is 12.2. The third-order valence-corrected chi connectivity index (χ3v) is 4.62. The molecule has 0 bridgehead atoms. The number of hydrogen-bond acceptors (Lipinski definition) is 5. The van der Waals surface area contributed by atoms with Crippen molar-refractivity contribution >= 4 is 11.9 Å². The quantitative estimate of drug-likeness (QED) is 0.664. The predicted octanol–water partition coefficient (Wildman–Crippen LogP) is 2.38. The second-order valence-electron chi connectivity index (χ2n) is 6.35. The maximum absolute atomic E-state index is 12.5. The van der Waals surface area contributed by atoms with Gasteiger partial charge in [0.2, 0.25) is 0 Å². The van der Waals surface area contributed by atoms with Gasteiger partial charge in [-0.25, -0.2) is 4.98 Å². The SMILES string of the molecule is COC(=O)[C@H]1CCCCC[C@H]1NC(=O)c1ccc(Cn2ccnc2)o1. The molecular formula is C18H23N3O4. The number of nitrogens with one attached hydrogen (secondary N) is 1. The van der Waals surface area contributed by atoms with Gasteiger partial charge in [0.25, 0.3) is 5.91 Å². The van der Waals surface area contributed by atoms with Crippen LogP contribution in [0.3, 0.4) is 0 Å². The van der Waals surface area contributed by atoms with Gasteiger partial charge < -0.3 is 19.0 Å². The first-order valence-electron chi connectivity index (χ1n) is 8.60. The van der Waals surface area contributed by atoms with Gasteiger partial charge >= 0.3 is 5.97 Å². The molecular weight excluding hydrogens is 322 g/mol. The van der Waals surface area contributed by atoms with E-state index in [4.69, 9.17) is 9.15 Å². The fraction of sp³-hybridized carbons (Fsp3) is 0.500. The summed E-state index contributed by atoms with van der Waals surface area (Å²) in [5.74, 6) is 0.0819. The Morgan fingerprint density at radius 2 is 2.16 bits per heavy atom. The van der Waals surface area contributed by atoms with Gasteiger partial charge in [-0.2, -0.15) is 0 Å². The molecule has 1 N–H and O–H groups in total. The smallest absolute Gasteiger partial charge is 0.310 e. The van der Waals surface area contributed by atoms with Crippen LogP contribution < -0.4 is 5.32 Å². The standard InChI is InChI=1S/C18H23N3O4/c1-24-18(23)14-5-3-2-4-6-15(14)20-17(22)16-8-7-13(25-16)11-21-10-9-19-12-21/h7-10,12,14-15H,2-6,11H2,1H3,(H,20,22)/t14-,15+/m0/s1. The highest BCUT2D eigenvalue weighted by Crippen LogP contribution is 2.25. The highest BCUT2D eigenvalue weighted by atomic mass is 16.5. The van der Waals surface area contributed by atoms with Crippen LogP contribution in [0.25, 0.3) is 0 Å². The van der Waals surface area contributed by atoms with Crippen molar-refractivity contribution in [3.8, 4) is 0 Å². The summed E-state index contributed by atoms with van der Waals surface area (Å²) in [4.78, 5) is 28.5. The third-order valence-electron chi connectivity index (χ3n) is 4.62. The second kappa shape index (κ2) is 8.00. The van der Waals surface area contributed by atoms with Crippen molar-refractivity contribution in [3.05, 3.63) is 42.4 Å². The van der Waals surface area contributed by atoms with Gasteiger partial charge in [-0.15, -0.1) is 0 Å². The zero-order valence-corrected chi connectivity index (χ0v) is 14.3. The van der Waals surface area contributed by atoms with Gasteiger partial charge in [0.1, 0.15) is 5.76 Å².